The van der Waals surface area contributed by atoms with Gasteiger partial charge in [-0.05, 0) is 45.1 Å². The van der Waals surface area contributed by atoms with Crippen LogP contribution in [0, 0.1) is 0 Å². The molecule has 0 spiro atoms. The lowest BCUT2D eigenvalue weighted by molar-refractivity contribution is 0.122. The van der Waals surface area contributed by atoms with Gasteiger partial charge < -0.3 is 24.4 Å². The second-order valence-electron chi connectivity index (χ2n) is 8.02. The number of aromatic nitrogens is 2. The maximum Gasteiger partial charge on any atom is 0.145 e. The summed E-state index contributed by atoms with van der Waals surface area (Å²) in [5.74, 6) is 2.49. The normalized spacial score (nSPS) is 16.1. The Kier molecular flexibility index (Phi) is 6.32. The molecule has 1 aromatic carbocycles. The van der Waals surface area contributed by atoms with E-state index < -0.39 is 0 Å². The second-order valence-corrected chi connectivity index (χ2v) is 9.10. The number of rotatable bonds is 7. The molecule has 170 valence electrons. The first-order valence-corrected chi connectivity index (χ1v) is 12.4. The van der Waals surface area contributed by atoms with Crippen LogP contribution in [-0.2, 0) is 17.6 Å². The summed E-state index contributed by atoms with van der Waals surface area (Å²) in [6.07, 6.45) is 6.36. The third kappa shape index (κ3) is 4.09. The van der Waals surface area contributed by atoms with Gasteiger partial charge in [0.05, 0.1) is 43.2 Å². The molecule has 0 amide bonds. The molecule has 3 aromatic rings. The van der Waals surface area contributed by atoms with Gasteiger partial charge >= 0.3 is 0 Å². The number of nitrogens with zero attached hydrogens (tertiary/aromatic N) is 3. The van der Waals surface area contributed by atoms with Crippen molar-refractivity contribution in [3.8, 4) is 11.5 Å². The molecule has 1 N–H and O–H groups in total. The van der Waals surface area contributed by atoms with Gasteiger partial charge in [0.25, 0.3) is 0 Å². The fourth-order valence-corrected chi connectivity index (χ4v) is 5.79. The number of hydrogen-bond acceptors (Lipinski definition) is 8. The van der Waals surface area contributed by atoms with Gasteiger partial charge in [-0.25, -0.2) is 9.97 Å². The number of hydrogen-bond donors (Lipinski definition) is 1. The summed E-state index contributed by atoms with van der Waals surface area (Å²) in [6, 6.07) is 4.13. The van der Waals surface area contributed by atoms with Gasteiger partial charge in [0, 0.05) is 30.1 Å². The van der Waals surface area contributed by atoms with Crippen LogP contribution in [0.1, 0.15) is 37.1 Å². The molecule has 1 fully saturated rings. The zero-order chi connectivity index (χ0) is 21.9. The molecular weight excluding hydrogens is 424 g/mol. The Bertz CT molecular complexity index is 1090. The van der Waals surface area contributed by atoms with Crippen LogP contribution in [0.15, 0.2) is 18.5 Å². The van der Waals surface area contributed by atoms with Crippen LogP contribution in [-0.4, -0.2) is 49.5 Å². The van der Waals surface area contributed by atoms with E-state index >= 15 is 0 Å². The van der Waals surface area contributed by atoms with E-state index in [4.69, 9.17) is 14.2 Å². The molecule has 8 heteroatoms. The van der Waals surface area contributed by atoms with Gasteiger partial charge in [0.2, 0.25) is 0 Å². The van der Waals surface area contributed by atoms with E-state index in [0.717, 1.165) is 78.1 Å². The number of fused-ring (bicyclic) bond motifs is 3. The Hall–Kier alpha value is -2.58. The third-order valence-electron chi connectivity index (χ3n) is 6.02. The van der Waals surface area contributed by atoms with Gasteiger partial charge in [-0.15, -0.1) is 11.3 Å². The molecule has 0 atom stereocenters. The first-order valence-electron chi connectivity index (χ1n) is 11.6. The summed E-state index contributed by atoms with van der Waals surface area (Å²) in [4.78, 5) is 14.0. The van der Waals surface area contributed by atoms with Crippen molar-refractivity contribution in [3.63, 3.8) is 0 Å². The van der Waals surface area contributed by atoms with Gasteiger partial charge in [0.1, 0.15) is 28.5 Å². The fraction of sp³-hybridized carbons (Fsp3) is 0.500. The number of anilines is 3. The quantitative estimate of drug-likeness (QED) is 0.542. The third-order valence-corrected chi connectivity index (χ3v) is 7.22. The van der Waals surface area contributed by atoms with Crippen molar-refractivity contribution < 1.29 is 14.2 Å². The maximum atomic E-state index is 6.06. The van der Waals surface area contributed by atoms with E-state index in [1.807, 2.05) is 19.9 Å². The first-order chi connectivity index (χ1) is 15.8. The highest BCUT2D eigenvalue weighted by Crippen LogP contribution is 2.43. The Morgan fingerprint density at radius 2 is 1.81 bits per heavy atom. The highest BCUT2D eigenvalue weighted by atomic mass is 32.1. The summed E-state index contributed by atoms with van der Waals surface area (Å²) in [7, 11) is 0. The lowest BCUT2D eigenvalue weighted by Crippen LogP contribution is -2.36. The van der Waals surface area contributed by atoms with E-state index in [1.165, 1.54) is 23.3 Å². The van der Waals surface area contributed by atoms with Gasteiger partial charge in [-0.1, -0.05) is 0 Å². The molecule has 0 radical (unpaired) electrons. The maximum absolute atomic E-state index is 6.06. The largest absolute Gasteiger partial charge is 0.492 e. The van der Waals surface area contributed by atoms with Crippen molar-refractivity contribution in [2.45, 2.75) is 39.5 Å². The van der Waals surface area contributed by atoms with Crippen LogP contribution in [0.3, 0.4) is 0 Å². The van der Waals surface area contributed by atoms with Gasteiger partial charge in [-0.3, -0.25) is 0 Å². The second kappa shape index (κ2) is 9.50. The molecule has 1 aliphatic heterocycles. The monoisotopic (exact) mass is 454 g/mol. The van der Waals surface area contributed by atoms with Crippen molar-refractivity contribution in [3.05, 3.63) is 28.9 Å². The number of aryl methyl sites for hydroxylation is 2. The molecule has 0 saturated carbocycles. The van der Waals surface area contributed by atoms with Crippen LogP contribution in [0.25, 0.3) is 10.2 Å². The molecule has 5 rings (SSSR count). The minimum atomic E-state index is 0.582. The predicted molar refractivity (Wildman–Crippen MR) is 129 cm³/mol. The number of nitrogens with one attached hydrogen (secondary N) is 1. The SMILES string of the molecule is CCOc1cc(N2CCOCC2)c(OCC)cc1Nc1ncnc2sc3c(c12)CCCC3. The van der Waals surface area contributed by atoms with Crippen LogP contribution in [0.5, 0.6) is 11.5 Å². The Morgan fingerprint density at radius 1 is 1.03 bits per heavy atom. The first kappa shape index (κ1) is 21.3. The smallest absolute Gasteiger partial charge is 0.145 e. The number of ether oxygens (including phenoxy) is 3. The highest BCUT2D eigenvalue weighted by molar-refractivity contribution is 7.19. The van der Waals surface area contributed by atoms with E-state index in [2.05, 4.69) is 26.3 Å². The van der Waals surface area contributed by atoms with Crippen LogP contribution in [0.4, 0.5) is 17.2 Å². The predicted octanol–water partition coefficient (Wildman–Crippen LogP) is 4.95. The zero-order valence-corrected chi connectivity index (χ0v) is 19.6. The summed E-state index contributed by atoms with van der Waals surface area (Å²) >= 11 is 1.81. The van der Waals surface area contributed by atoms with Crippen LogP contribution in [0.2, 0.25) is 0 Å². The Labute approximate surface area is 192 Å². The molecular formula is C24H30N4O3S. The van der Waals surface area contributed by atoms with E-state index in [1.54, 1.807) is 17.7 Å². The average Bonchev–Trinajstić information content (AvgIpc) is 3.21. The van der Waals surface area contributed by atoms with Crippen molar-refractivity contribution in [2.24, 2.45) is 0 Å². The van der Waals surface area contributed by atoms with Crippen LogP contribution < -0.4 is 19.7 Å². The summed E-state index contributed by atoms with van der Waals surface area (Å²) in [5.41, 5.74) is 3.32. The highest BCUT2D eigenvalue weighted by Gasteiger charge is 2.23. The molecule has 0 unspecified atom stereocenters. The number of benzene rings is 1. The zero-order valence-electron chi connectivity index (χ0n) is 18.8. The number of morpholine rings is 1. The van der Waals surface area contributed by atoms with Gasteiger partial charge in [0.15, 0.2) is 0 Å². The molecule has 0 bridgehead atoms. The van der Waals surface area contributed by atoms with Gasteiger partial charge in [-0.2, -0.15) is 0 Å². The van der Waals surface area contributed by atoms with Crippen molar-refractivity contribution in [2.75, 3.05) is 49.7 Å². The molecule has 1 aliphatic carbocycles. The Morgan fingerprint density at radius 3 is 2.62 bits per heavy atom. The fourth-order valence-electron chi connectivity index (χ4n) is 4.56. The average molecular weight is 455 g/mol. The number of thiophene rings is 1. The minimum Gasteiger partial charge on any atom is -0.492 e. The summed E-state index contributed by atoms with van der Waals surface area (Å²) in [5, 5.41) is 4.73. The van der Waals surface area contributed by atoms with Crippen molar-refractivity contribution >= 4 is 38.7 Å². The van der Waals surface area contributed by atoms with Crippen LogP contribution >= 0.6 is 11.3 Å². The molecule has 7 nitrogen and oxygen atoms in total. The molecule has 2 aromatic heterocycles. The molecule has 32 heavy (non-hydrogen) atoms. The van der Waals surface area contributed by atoms with E-state index in [0.29, 0.717) is 13.2 Å². The van der Waals surface area contributed by atoms with Crippen molar-refractivity contribution in [1.29, 1.82) is 0 Å². The van der Waals surface area contributed by atoms with E-state index in [9.17, 15) is 0 Å². The lowest BCUT2D eigenvalue weighted by atomic mass is 9.97. The molecule has 3 heterocycles. The minimum absolute atomic E-state index is 0.582. The molecule has 2 aliphatic rings. The topological polar surface area (TPSA) is 68.7 Å². The lowest BCUT2D eigenvalue weighted by Gasteiger charge is -2.31. The summed E-state index contributed by atoms with van der Waals surface area (Å²) in [6.45, 7) is 8.32. The Balaban J connectivity index is 1.57. The van der Waals surface area contributed by atoms with E-state index in [-0.39, 0.29) is 0 Å². The standard InChI is InChI=1S/C24H30N4O3S/c1-3-30-19-14-18(28-9-11-29-12-10-28)20(31-4-2)13-17(19)27-23-22-16-7-5-6-8-21(16)32-24(22)26-15-25-23/h13-15H,3-12H2,1-2H3,(H,25,26,27). The van der Waals surface area contributed by atoms with Crippen molar-refractivity contribution in [1.82, 2.24) is 9.97 Å². The molecule has 1 saturated heterocycles. The summed E-state index contributed by atoms with van der Waals surface area (Å²) < 4.78 is 17.7.